The van der Waals surface area contributed by atoms with Gasteiger partial charge in [-0.3, -0.25) is 9.20 Å². The van der Waals surface area contributed by atoms with Crippen LogP contribution in [0.15, 0.2) is 67.5 Å². The fraction of sp³-hybridized carbons (Fsp3) is 0.0435. The summed E-state index contributed by atoms with van der Waals surface area (Å²) in [5.41, 5.74) is 2.79. The zero-order valence-electron chi connectivity index (χ0n) is 17.4. The van der Waals surface area contributed by atoms with Crippen molar-refractivity contribution in [2.24, 2.45) is 0 Å². The third-order valence-electron chi connectivity index (χ3n) is 4.63. The molecule has 3 heterocycles. The molecule has 0 aliphatic carbocycles. The first-order chi connectivity index (χ1) is 16.2. The molecule has 0 spiro atoms. The van der Waals surface area contributed by atoms with E-state index in [9.17, 15) is 4.79 Å². The molecule has 33 heavy (non-hydrogen) atoms. The van der Waals surface area contributed by atoms with Crippen LogP contribution in [-0.4, -0.2) is 35.5 Å². The molecule has 0 aliphatic heterocycles. The quantitative estimate of drug-likeness (QED) is 0.401. The van der Waals surface area contributed by atoms with Crippen molar-refractivity contribution in [1.29, 1.82) is 0 Å². The van der Waals surface area contributed by atoms with Gasteiger partial charge < -0.3 is 15.4 Å². The number of carbonyl (C=O) groups excluding carboxylic acids is 1. The molecule has 0 saturated heterocycles. The van der Waals surface area contributed by atoms with E-state index in [0.29, 0.717) is 28.8 Å². The van der Waals surface area contributed by atoms with E-state index in [0.717, 1.165) is 16.6 Å². The van der Waals surface area contributed by atoms with Gasteiger partial charge in [-0.2, -0.15) is 0 Å². The number of aromatic nitrogens is 6. The van der Waals surface area contributed by atoms with Crippen LogP contribution < -0.4 is 15.4 Å². The molecule has 5 rings (SSSR count). The number of anilines is 3. The van der Waals surface area contributed by atoms with Crippen LogP contribution in [0.3, 0.4) is 0 Å². The monoisotopic (exact) mass is 436 g/mol. The van der Waals surface area contributed by atoms with E-state index in [1.807, 2.05) is 30.3 Å². The van der Waals surface area contributed by atoms with E-state index < -0.39 is 0 Å². The van der Waals surface area contributed by atoms with Gasteiger partial charge in [-0.25, -0.2) is 15.0 Å². The van der Waals surface area contributed by atoms with Crippen molar-refractivity contribution in [3.8, 4) is 23.5 Å². The van der Waals surface area contributed by atoms with Crippen LogP contribution in [0.2, 0.25) is 0 Å². The first-order valence-electron chi connectivity index (χ1n) is 9.87. The van der Waals surface area contributed by atoms with E-state index >= 15 is 0 Å². The molecular weight excluding hydrogens is 420 g/mol. The lowest BCUT2D eigenvalue weighted by molar-refractivity contribution is -0.111. The summed E-state index contributed by atoms with van der Waals surface area (Å²) >= 11 is 0. The highest BCUT2D eigenvalue weighted by Gasteiger charge is 2.08. The summed E-state index contributed by atoms with van der Waals surface area (Å²) in [6.45, 7) is 1.61. The zero-order valence-corrected chi connectivity index (χ0v) is 17.4. The first kappa shape index (κ1) is 19.9. The fourth-order valence-corrected chi connectivity index (χ4v) is 3.14. The number of amides is 1. The molecule has 10 heteroatoms. The molecule has 5 aromatic rings. The van der Waals surface area contributed by atoms with Gasteiger partial charge in [0.25, 0.3) is 5.91 Å². The van der Waals surface area contributed by atoms with E-state index in [4.69, 9.17) is 4.74 Å². The van der Waals surface area contributed by atoms with Crippen molar-refractivity contribution in [2.45, 2.75) is 6.92 Å². The Balaban J connectivity index is 1.35. The van der Waals surface area contributed by atoms with Crippen LogP contribution in [0.1, 0.15) is 6.92 Å². The van der Waals surface area contributed by atoms with Crippen molar-refractivity contribution in [1.82, 2.24) is 29.5 Å². The average molecular weight is 436 g/mol. The van der Waals surface area contributed by atoms with Crippen LogP contribution in [0.4, 0.5) is 17.2 Å². The minimum atomic E-state index is -0.378. The van der Waals surface area contributed by atoms with Crippen molar-refractivity contribution < 1.29 is 9.53 Å². The van der Waals surface area contributed by atoms with Crippen molar-refractivity contribution >= 4 is 39.6 Å². The molecule has 1 amide bonds. The summed E-state index contributed by atoms with van der Waals surface area (Å²) in [5, 5.41) is 14.6. The summed E-state index contributed by atoms with van der Waals surface area (Å²) in [4.78, 5) is 24.7. The number of ether oxygens (including phenoxy) is 1. The number of hydrogen-bond acceptors (Lipinski definition) is 8. The second-order valence-electron chi connectivity index (χ2n) is 6.86. The number of fused-ring (bicyclic) bond motifs is 2. The van der Waals surface area contributed by atoms with Gasteiger partial charge in [0.2, 0.25) is 5.88 Å². The first-order valence-corrected chi connectivity index (χ1v) is 9.87. The summed E-state index contributed by atoms with van der Waals surface area (Å²) in [6, 6.07) is 14.4. The molecule has 160 valence electrons. The molecule has 2 aromatic carbocycles. The van der Waals surface area contributed by atoms with Crippen molar-refractivity contribution in [3.63, 3.8) is 0 Å². The smallest absolute Gasteiger partial charge is 0.300 e. The molecule has 10 nitrogen and oxygen atoms in total. The third kappa shape index (κ3) is 4.38. The molecule has 0 atom stereocenters. The summed E-state index contributed by atoms with van der Waals surface area (Å²) in [7, 11) is 0. The minimum Gasteiger partial charge on any atom is -0.439 e. The number of carbonyl (C=O) groups is 1. The number of nitrogens with one attached hydrogen (secondary N) is 2. The largest absolute Gasteiger partial charge is 0.439 e. The molecule has 0 unspecified atom stereocenters. The molecular formula is C23H16N8O2. The summed E-state index contributed by atoms with van der Waals surface area (Å²) in [5.74, 6) is 6.29. The van der Waals surface area contributed by atoms with Crippen LogP contribution in [0, 0.1) is 11.8 Å². The molecule has 0 aliphatic rings. The standard InChI is InChI=1S/C23H16N8O2/c1-2-3-21(32)28-16-6-9-19-18(10-16)23(25-12-24-19)29-15-4-7-17(8-5-15)33-22-11-20-30-27-14-31(20)13-26-22/h4-14H,1H3,(H,28,32)(H,24,25,29). The maximum absolute atomic E-state index is 11.8. The van der Waals surface area contributed by atoms with Gasteiger partial charge in [0, 0.05) is 22.8 Å². The lowest BCUT2D eigenvalue weighted by Gasteiger charge is -2.11. The van der Waals surface area contributed by atoms with Gasteiger partial charge in [-0.05, 0) is 55.3 Å². The Labute approximate surface area is 187 Å². The number of benzene rings is 2. The predicted molar refractivity (Wildman–Crippen MR) is 122 cm³/mol. The van der Waals surface area contributed by atoms with Gasteiger partial charge in [0.15, 0.2) is 5.65 Å². The molecule has 0 radical (unpaired) electrons. The topological polar surface area (TPSA) is 119 Å². The molecule has 0 fully saturated rings. The Morgan fingerprint density at radius 2 is 1.85 bits per heavy atom. The Hall–Kier alpha value is -5.04. The lowest BCUT2D eigenvalue weighted by atomic mass is 10.2. The highest BCUT2D eigenvalue weighted by Crippen LogP contribution is 2.27. The van der Waals surface area contributed by atoms with E-state index in [1.165, 1.54) is 6.33 Å². The molecule has 3 aromatic heterocycles. The van der Waals surface area contributed by atoms with Crippen LogP contribution in [-0.2, 0) is 4.79 Å². The predicted octanol–water partition coefficient (Wildman–Crippen LogP) is 3.57. The maximum Gasteiger partial charge on any atom is 0.300 e. The highest BCUT2D eigenvalue weighted by molar-refractivity contribution is 6.05. The van der Waals surface area contributed by atoms with Crippen molar-refractivity contribution in [3.05, 3.63) is 67.5 Å². The van der Waals surface area contributed by atoms with Gasteiger partial charge in [0.1, 0.15) is 30.5 Å². The Kier molecular flexibility index (Phi) is 5.19. The second-order valence-corrected chi connectivity index (χ2v) is 6.86. The number of nitrogens with zero attached hydrogens (tertiary/aromatic N) is 6. The summed E-state index contributed by atoms with van der Waals surface area (Å²) in [6.07, 6.45) is 4.64. The summed E-state index contributed by atoms with van der Waals surface area (Å²) < 4.78 is 7.50. The minimum absolute atomic E-state index is 0.378. The number of rotatable bonds is 5. The van der Waals surface area contributed by atoms with Crippen molar-refractivity contribution in [2.75, 3.05) is 10.6 Å². The molecule has 0 bridgehead atoms. The van der Waals surface area contributed by atoms with Crippen LogP contribution in [0.25, 0.3) is 16.6 Å². The van der Waals surface area contributed by atoms with E-state index in [1.54, 1.807) is 42.2 Å². The maximum atomic E-state index is 11.8. The Morgan fingerprint density at radius 1 is 1.00 bits per heavy atom. The van der Waals surface area contributed by atoms with Gasteiger partial charge in [-0.1, -0.05) is 5.92 Å². The normalized spacial score (nSPS) is 10.5. The Bertz CT molecular complexity index is 1530. The third-order valence-corrected chi connectivity index (χ3v) is 4.63. The highest BCUT2D eigenvalue weighted by atomic mass is 16.5. The van der Waals surface area contributed by atoms with E-state index in [2.05, 4.69) is 47.6 Å². The molecule has 0 saturated carbocycles. The van der Waals surface area contributed by atoms with Gasteiger partial charge in [0.05, 0.1) is 5.52 Å². The van der Waals surface area contributed by atoms with Gasteiger partial charge in [-0.15, -0.1) is 10.2 Å². The lowest BCUT2D eigenvalue weighted by Crippen LogP contribution is -2.08. The molecule has 2 N–H and O–H groups in total. The van der Waals surface area contributed by atoms with Crippen LogP contribution >= 0.6 is 0 Å². The van der Waals surface area contributed by atoms with E-state index in [-0.39, 0.29) is 5.91 Å². The SMILES string of the molecule is CC#CC(=O)Nc1ccc2ncnc(Nc3ccc(Oc4cc5nncn5cn4)cc3)c2c1. The zero-order chi connectivity index (χ0) is 22.6. The second kappa shape index (κ2) is 8.60. The number of hydrogen-bond donors (Lipinski definition) is 2. The fourth-order valence-electron chi connectivity index (χ4n) is 3.14. The van der Waals surface area contributed by atoms with Gasteiger partial charge >= 0.3 is 0 Å². The average Bonchev–Trinajstić information content (AvgIpc) is 3.29. The Morgan fingerprint density at radius 3 is 2.70 bits per heavy atom. The van der Waals surface area contributed by atoms with Crippen LogP contribution in [0.5, 0.6) is 11.6 Å².